The topological polar surface area (TPSA) is 116 Å². The average Bonchev–Trinajstić information content (AvgIpc) is 2.96. The second kappa shape index (κ2) is 5.62. The maximum Gasteiger partial charge on any atom is 0.270 e. The molecule has 0 aliphatic heterocycles. The molecule has 110 valence electrons. The van der Waals surface area contributed by atoms with Gasteiger partial charge in [-0.05, 0) is 18.2 Å². The number of nitrogens with one attached hydrogen (secondary N) is 2. The Labute approximate surface area is 124 Å². The molecule has 0 amide bonds. The number of aromatic amines is 1. The van der Waals surface area contributed by atoms with E-state index in [1.807, 2.05) is 11.5 Å². The van der Waals surface area contributed by atoms with E-state index < -0.39 is 4.92 Å². The molecule has 0 saturated carbocycles. The highest BCUT2D eigenvalue weighted by atomic mass is 16.6. The monoisotopic (exact) mass is 297 g/mol. The minimum absolute atomic E-state index is 0.0628. The van der Waals surface area contributed by atoms with Crippen molar-refractivity contribution < 1.29 is 10.1 Å². The van der Waals surface area contributed by atoms with E-state index in [4.69, 9.17) is 0 Å². The number of hydroxylamine groups is 1. The summed E-state index contributed by atoms with van der Waals surface area (Å²) in [4.78, 5) is 14.6. The first-order valence-electron chi connectivity index (χ1n) is 6.36. The maximum absolute atomic E-state index is 10.9. The van der Waals surface area contributed by atoms with Crippen molar-refractivity contribution in [2.75, 3.05) is 0 Å². The average molecular weight is 297 g/mol. The standard InChI is InChI=1S/C14H11N5O3/c20-18-14(15-9-4-2-1-3-5-9)13-11-8-10(19(21)22)6-7-12(11)16-17-13/h1-8,20H,(H,15,18)(H,16,17). The summed E-state index contributed by atoms with van der Waals surface area (Å²) >= 11 is 0. The number of non-ortho nitro benzene ring substituents is 1. The van der Waals surface area contributed by atoms with Crippen molar-refractivity contribution in [1.29, 1.82) is 0 Å². The van der Waals surface area contributed by atoms with Crippen molar-refractivity contribution in [3.8, 4) is 0 Å². The lowest BCUT2D eigenvalue weighted by atomic mass is 10.2. The first-order valence-corrected chi connectivity index (χ1v) is 6.36. The lowest BCUT2D eigenvalue weighted by Crippen LogP contribution is -2.20. The number of rotatable bonds is 3. The van der Waals surface area contributed by atoms with E-state index in [1.54, 1.807) is 30.3 Å². The van der Waals surface area contributed by atoms with Crippen molar-refractivity contribution in [1.82, 2.24) is 15.7 Å². The predicted molar refractivity (Wildman–Crippen MR) is 80.3 cm³/mol. The van der Waals surface area contributed by atoms with E-state index in [1.165, 1.54) is 12.1 Å². The SMILES string of the molecule is O=[N+]([O-])c1ccc2[nH]nc(C(=Nc3ccccc3)NO)c2c1. The smallest absolute Gasteiger partial charge is 0.270 e. The molecule has 0 fully saturated rings. The highest BCUT2D eigenvalue weighted by molar-refractivity contribution is 6.08. The lowest BCUT2D eigenvalue weighted by molar-refractivity contribution is -0.384. The van der Waals surface area contributed by atoms with Crippen LogP contribution < -0.4 is 5.48 Å². The molecule has 0 spiro atoms. The van der Waals surface area contributed by atoms with E-state index in [9.17, 15) is 15.3 Å². The van der Waals surface area contributed by atoms with Crippen LogP contribution in [0.25, 0.3) is 10.9 Å². The molecule has 0 aliphatic carbocycles. The van der Waals surface area contributed by atoms with E-state index in [0.29, 0.717) is 22.3 Å². The third-order valence-corrected chi connectivity index (χ3v) is 3.08. The van der Waals surface area contributed by atoms with Crippen LogP contribution in [-0.4, -0.2) is 26.2 Å². The number of aromatic nitrogens is 2. The second-order valence-corrected chi connectivity index (χ2v) is 4.47. The van der Waals surface area contributed by atoms with Crippen LogP contribution in [0.1, 0.15) is 5.69 Å². The zero-order chi connectivity index (χ0) is 15.5. The molecule has 3 rings (SSSR count). The first-order chi connectivity index (χ1) is 10.7. The van der Waals surface area contributed by atoms with Gasteiger partial charge in [-0.15, -0.1) is 0 Å². The van der Waals surface area contributed by atoms with Crippen LogP contribution in [0.4, 0.5) is 11.4 Å². The molecule has 0 unspecified atom stereocenters. The Morgan fingerprint density at radius 1 is 1.27 bits per heavy atom. The second-order valence-electron chi connectivity index (χ2n) is 4.47. The Morgan fingerprint density at radius 3 is 2.73 bits per heavy atom. The van der Waals surface area contributed by atoms with Gasteiger partial charge in [-0.2, -0.15) is 5.10 Å². The molecule has 8 nitrogen and oxygen atoms in total. The van der Waals surface area contributed by atoms with Gasteiger partial charge >= 0.3 is 0 Å². The molecule has 0 saturated heterocycles. The summed E-state index contributed by atoms with van der Waals surface area (Å²) in [7, 11) is 0. The lowest BCUT2D eigenvalue weighted by Gasteiger charge is -2.02. The van der Waals surface area contributed by atoms with Crippen molar-refractivity contribution in [3.05, 3.63) is 64.3 Å². The fourth-order valence-electron chi connectivity index (χ4n) is 2.06. The highest BCUT2D eigenvalue weighted by Crippen LogP contribution is 2.23. The van der Waals surface area contributed by atoms with Crippen molar-refractivity contribution in [2.45, 2.75) is 0 Å². The first kappa shape index (κ1) is 13.7. The van der Waals surface area contributed by atoms with E-state index in [0.717, 1.165) is 0 Å². The molecule has 1 heterocycles. The van der Waals surface area contributed by atoms with Crippen molar-refractivity contribution >= 4 is 28.1 Å². The molecule has 8 heteroatoms. The van der Waals surface area contributed by atoms with Gasteiger partial charge in [0.05, 0.1) is 16.1 Å². The summed E-state index contributed by atoms with van der Waals surface area (Å²) in [6, 6.07) is 13.3. The molecular formula is C14H11N5O3. The van der Waals surface area contributed by atoms with E-state index in [2.05, 4.69) is 15.2 Å². The minimum atomic E-state index is -0.489. The van der Waals surface area contributed by atoms with Gasteiger partial charge in [0, 0.05) is 17.5 Å². The van der Waals surface area contributed by atoms with Crippen molar-refractivity contribution in [3.63, 3.8) is 0 Å². The van der Waals surface area contributed by atoms with Gasteiger partial charge in [0.15, 0.2) is 5.84 Å². The van der Waals surface area contributed by atoms with Crippen LogP contribution >= 0.6 is 0 Å². The number of para-hydroxylation sites is 1. The Bertz CT molecular complexity index is 857. The van der Waals surface area contributed by atoms with Gasteiger partial charge < -0.3 is 0 Å². The molecule has 22 heavy (non-hydrogen) atoms. The van der Waals surface area contributed by atoms with Gasteiger partial charge in [0.25, 0.3) is 5.69 Å². The van der Waals surface area contributed by atoms with Gasteiger partial charge in [-0.1, -0.05) is 18.2 Å². The molecule has 3 aromatic rings. The van der Waals surface area contributed by atoms with E-state index in [-0.39, 0.29) is 11.5 Å². The summed E-state index contributed by atoms with van der Waals surface area (Å²) in [6.45, 7) is 0. The molecule has 0 radical (unpaired) electrons. The summed E-state index contributed by atoms with van der Waals surface area (Å²) in [6.07, 6.45) is 0. The van der Waals surface area contributed by atoms with Crippen molar-refractivity contribution in [2.24, 2.45) is 4.99 Å². The van der Waals surface area contributed by atoms with Gasteiger partial charge in [-0.25, -0.2) is 4.99 Å². The number of hydrogen-bond donors (Lipinski definition) is 3. The summed E-state index contributed by atoms with van der Waals surface area (Å²) in [5, 5.41) is 27.5. The number of nitro groups is 1. The maximum atomic E-state index is 10.9. The van der Waals surface area contributed by atoms with Gasteiger partial charge in [0.1, 0.15) is 5.69 Å². The number of fused-ring (bicyclic) bond motifs is 1. The number of nitro benzene ring substituents is 1. The van der Waals surface area contributed by atoms with E-state index >= 15 is 0 Å². The quantitative estimate of drug-likeness (QED) is 0.297. The zero-order valence-corrected chi connectivity index (χ0v) is 11.2. The number of H-pyrrole nitrogens is 1. The Balaban J connectivity index is 2.13. The Hall–Kier alpha value is -3.26. The fourth-order valence-corrected chi connectivity index (χ4v) is 2.06. The number of amidine groups is 1. The molecule has 3 N–H and O–H groups in total. The number of benzene rings is 2. The summed E-state index contributed by atoms with van der Waals surface area (Å²) in [5.74, 6) is 0.0953. The molecule has 2 aromatic carbocycles. The predicted octanol–water partition coefficient (Wildman–Crippen LogP) is 2.53. The minimum Gasteiger partial charge on any atom is -0.290 e. The van der Waals surface area contributed by atoms with Crippen LogP contribution in [0.15, 0.2) is 53.5 Å². The fraction of sp³-hybridized carbons (Fsp3) is 0. The third kappa shape index (κ3) is 2.50. The zero-order valence-electron chi connectivity index (χ0n) is 11.2. The Morgan fingerprint density at radius 2 is 2.05 bits per heavy atom. The molecular weight excluding hydrogens is 286 g/mol. The number of aliphatic imine (C=N–C) groups is 1. The van der Waals surface area contributed by atoms with Gasteiger partial charge in [0.2, 0.25) is 0 Å². The largest absolute Gasteiger partial charge is 0.290 e. The van der Waals surface area contributed by atoms with Gasteiger partial charge in [-0.3, -0.25) is 25.9 Å². The third-order valence-electron chi connectivity index (χ3n) is 3.08. The number of hydrogen-bond acceptors (Lipinski definition) is 5. The summed E-state index contributed by atoms with van der Waals surface area (Å²) < 4.78 is 0. The molecule has 0 atom stereocenters. The van der Waals surface area contributed by atoms with Crippen LogP contribution in [0.5, 0.6) is 0 Å². The number of nitrogens with zero attached hydrogens (tertiary/aromatic N) is 3. The van der Waals surface area contributed by atoms with Crippen LogP contribution in [0.3, 0.4) is 0 Å². The molecule has 0 aliphatic rings. The highest BCUT2D eigenvalue weighted by Gasteiger charge is 2.15. The molecule has 0 bridgehead atoms. The molecule has 1 aromatic heterocycles. The van der Waals surface area contributed by atoms with Crippen LogP contribution in [-0.2, 0) is 0 Å². The Kier molecular flexibility index (Phi) is 3.50. The van der Waals surface area contributed by atoms with Crippen LogP contribution in [0, 0.1) is 10.1 Å². The van der Waals surface area contributed by atoms with Crippen LogP contribution in [0.2, 0.25) is 0 Å². The summed E-state index contributed by atoms with van der Waals surface area (Å²) in [5.41, 5.74) is 3.44. The normalized spacial score (nSPS) is 11.6.